The molecule has 24 heavy (non-hydrogen) atoms. The van der Waals surface area contributed by atoms with E-state index >= 15 is 0 Å². The number of H-pyrrole nitrogens is 1. The molecule has 0 saturated carbocycles. The molecule has 0 bridgehead atoms. The Kier molecular flexibility index (Phi) is 3.54. The normalized spacial score (nSPS) is 15.8. The number of fused-ring (bicyclic) bond motifs is 2. The van der Waals surface area contributed by atoms with Gasteiger partial charge in [0.25, 0.3) is 0 Å². The zero-order chi connectivity index (χ0) is 16.7. The number of hydrogen-bond acceptors (Lipinski definition) is 2. The Morgan fingerprint density at radius 3 is 3.04 bits per heavy atom. The summed E-state index contributed by atoms with van der Waals surface area (Å²) in [5, 5.41) is 6.94. The van der Waals surface area contributed by atoms with E-state index in [-0.39, 0.29) is 12.4 Å². The summed E-state index contributed by atoms with van der Waals surface area (Å²) < 4.78 is 18.8. The fourth-order valence-corrected chi connectivity index (χ4v) is 3.11. The number of aromatic nitrogens is 1. The first kappa shape index (κ1) is 14.8. The molecule has 2 aromatic carbocycles. The molecule has 5 nitrogen and oxygen atoms in total. The predicted octanol–water partition coefficient (Wildman–Crippen LogP) is 4.22. The number of anilines is 1. The summed E-state index contributed by atoms with van der Waals surface area (Å²) in [6.45, 7) is 0.266. The number of rotatable bonds is 2. The number of carbonyl (C=O) groups is 1. The van der Waals surface area contributed by atoms with Crippen LogP contribution in [0.2, 0.25) is 5.02 Å². The summed E-state index contributed by atoms with van der Waals surface area (Å²) in [6.07, 6.45) is 1.78. The third-order valence-corrected chi connectivity index (χ3v) is 4.25. The van der Waals surface area contributed by atoms with Crippen molar-refractivity contribution in [3.63, 3.8) is 0 Å². The van der Waals surface area contributed by atoms with Gasteiger partial charge in [-0.2, -0.15) is 0 Å². The molecule has 1 aliphatic rings. The summed E-state index contributed by atoms with van der Waals surface area (Å²) in [5.74, 6) is 0.216. The van der Waals surface area contributed by atoms with Crippen LogP contribution in [0.5, 0.6) is 5.75 Å². The van der Waals surface area contributed by atoms with Crippen LogP contribution >= 0.6 is 11.6 Å². The van der Waals surface area contributed by atoms with Crippen LogP contribution in [-0.2, 0) is 0 Å². The Bertz CT molecular complexity index is 941. The van der Waals surface area contributed by atoms with Crippen LogP contribution in [0.15, 0.2) is 42.6 Å². The summed E-state index contributed by atoms with van der Waals surface area (Å²) >= 11 is 6.19. The molecule has 1 atom stereocenters. The van der Waals surface area contributed by atoms with Crippen LogP contribution in [0.3, 0.4) is 0 Å². The monoisotopic (exact) mass is 345 g/mol. The van der Waals surface area contributed by atoms with Gasteiger partial charge in [-0.15, -0.1) is 0 Å². The fourth-order valence-electron chi connectivity index (χ4n) is 2.82. The minimum absolute atomic E-state index is 0.266. The molecule has 0 spiro atoms. The van der Waals surface area contributed by atoms with Crippen molar-refractivity contribution in [2.75, 3.05) is 11.9 Å². The molecule has 1 aliphatic heterocycles. The molecule has 3 N–H and O–H groups in total. The van der Waals surface area contributed by atoms with Gasteiger partial charge in [-0.05, 0) is 36.4 Å². The number of hydrogen-bond donors (Lipinski definition) is 3. The van der Waals surface area contributed by atoms with Gasteiger partial charge in [0, 0.05) is 28.4 Å². The van der Waals surface area contributed by atoms with Crippen LogP contribution in [-0.4, -0.2) is 17.6 Å². The maximum atomic E-state index is 13.4. The van der Waals surface area contributed by atoms with Gasteiger partial charge in [-0.1, -0.05) is 11.6 Å². The van der Waals surface area contributed by atoms with Gasteiger partial charge in [0.1, 0.15) is 18.2 Å². The van der Waals surface area contributed by atoms with Crippen LogP contribution < -0.4 is 15.4 Å². The van der Waals surface area contributed by atoms with Crippen molar-refractivity contribution in [3.05, 3.63) is 59.0 Å². The second-order valence-electron chi connectivity index (χ2n) is 5.54. The lowest BCUT2D eigenvalue weighted by atomic mass is 10.1. The number of halogens is 2. The van der Waals surface area contributed by atoms with Gasteiger partial charge < -0.3 is 20.4 Å². The molecule has 4 rings (SSSR count). The highest BCUT2D eigenvalue weighted by Gasteiger charge is 2.26. The number of amides is 2. The first-order valence-corrected chi connectivity index (χ1v) is 7.74. The minimum atomic E-state index is -0.414. The quantitative estimate of drug-likeness (QED) is 0.651. The van der Waals surface area contributed by atoms with Crippen LogP contribution in [0.25, 0.3) is 10.9 Å². The van der Waals surface area contributed by atoms with Crippen molar-refractivity contribution in [3.8, 4) is 5.75 Å². The standard InChI is InChI=1S/C17H13ClFN3O2/c18-13-6-10(7-14-11(13)3-4-20-14)21-17(23)22-15-8-24-16-2-1-9(19)5-12(15)16/h1-7,15,20H,8H2,(H2,21,22,23). The lowest BCUT2D eigenvalue weighted by Crippen LogP contribution is -2.33. The molecule has 2 heterocycles. The van der Waals surface area contributed by atoms with Gasteiger partial charge >= 0.3 is 6.03 Å². The highest BCUT2D eigenvalue weighted by molar-refractivity contribution is 6.35. The fraction of sp³-hybridized carbons (Fsp3) is 0.118. The van der Waals surface area contributed by atoms with Crippen molar-refractivity contribution >= 4 is 34.2 Å². The van der Waals surface area contributed by atoms with Gasteiger partial charge in [0.15, 0.2) is 0 Å². The highest BCUT2D eigenvalue weighted by atomic mass is 35.5. The number of urea groups is 1. The van der Waals surface area contributed by atoms with Crippen LogP contribution in [0.4, 0.5) is 14.9 Å². The molecule has 122 valence electrons. The third-order valence-electron chi connectivity index (χ3n) is 3.93. The summed E-state index contributed by atoms with van der Waals surface area (Å²) in [4.78, 5) is 15.3. The van der Waals surface area contributed by atoms with E-state index in [1.807, 2.05) is 6.07 Å². The van der Waals surface area contributed by atoms with E-state index in [2.05, 4.69) is 15.6 Å². The van der Waals surface area contributed by atoms with Crippen molar-refractivity contribution in [1.29, 1.82) is 0 Å². The first-order valence-electron chi connectivity index (χ1n) is 7.36. The molecular weight excluding hydrogens is 333 g/mol. The lowest BCUT2D eigenvalue weighted by Gasteiger charge is -2.13. The number of aromatic amines is 1. The SMILES string of the molecule is O=C(Nc1cc(Cl)c2cc[nH]c2c1)NC1COc2ccc(F)cc21. The molecule has 0 saturated heterocycles. The molecule has 0 fully saturated rings. The Morgan fingerprint density at radius 1 is 1.29 bits per heavy atom. The average molecular weight is 346 g/mol. The smallest absolute Gasteiger partial charge is 0.319 e. The summed E-state index contributed by atoms with van der Waals surface area (Å²) in [6, 6.07) is 8.77. The maximum absolute atomic E-state index is 13.4. The van der Waals surface area contributed by atoms with E-state index in [0.717, 1.165) is 10.9 Å². The van der Waals surface area contributed by atoms with E-state index in [0.29, 0.717) is 22.0 Å². The van der Waals surface area contributed by atoms with Crippen molar-refractivity contribution < 1.29 is 13.9 Å². The minimum Gasteiger partial charge on any atom is -0.491 e. The van der Waals surface area contributed by atoms with Crippen molar-refractivity contribution in [1.82, 2.24) is 10.3 Å². The Balaban J connectivity index is 1.50. The molecular formula is C17H13ClFN3O2. The largest absolute Gasteiger partial charge is 0.491 e. The first-order chi connectivity index (χ1) is 11.6. The summed E-state index contributed by atoms with van der Waals surface area (Å²) in [5.41, 5.74) is 2.02. The number of carbonyl (C=O) groups excluding carboxylic acids is 1. The third kappa shape index (κ3) is 2.65. The Hall–Kier alpha value is -2.73. The van der Waals surface area contributed by atoms with Crippen LogP contribution in [0, 0.1) is 5.82 Å². The van der Waals surface area contributed by atoms with E-state index < -0.39 is 12.1 Å². The van der Waals surface area contributed by atoms with E-state index in [9.17, 15) is 9.18 Å². The number of benzene rings is 2. The molecule has 0 radical (unpaired) electrons. The van der Waals surface area contributed by atoms with E-state index in [1.54, 1.807) is 24.4 Å². The maximum Gasteiger partial charge on any atom is 0.319 e. The van der Waals surface area contributed by atoms with E-state index in [4.69, 9.17) is 16.3 Å². The number of nitrogens with one attached hydrogen (secondary N) is 3. The van der Waals surface area contributed by atoms with E-state index in [1.165, 1.54) is 12.1 Å². The topological polar surface area (TPSA) is 66.2 Å². The van der Waals surface area contributed by atoms with Gasteiger partial charge in [0.05, 0.1) is 11.1 Å². The molecule has 2 amide bonds. The predicted molar refractivity (Wildman–Crippen MR) is 90.1 cm³/mol. The number of ether oxygens (including phenoxy) is 1. The molecule has 0 aliphatic carbocycles. The van der Waals surface area contributed by atoms with Crippen LogP contribution in [0.1, 0.15) is 11.6 Å². The second-order valence-corrected chi connectivity index (χ2v) is 5.95. The second kappa shape index (κ2) is 5.72. The van der Waals surface area contributed by atoms with Gasteiger partial charge in [0.2, 0.25) is 0 Å². The van der Waals surface area contributed by atoms with Crippen molar-refractivity contribution in [2.45, 2.75) is 6.04 Å². The highest BCUT2D eigenvalue weighted by Crippen LogP contribution is 2.33. The van der Waals surface area contributed by atoms with Gasteiger partial charge in [-0.25, -0.2) is 9.18 Å². The molecule has 1 unspecified atom stereocenters. The Morgan fingerprint density at radius 2 is 2.17 bits per heavy atom. The summed E-state index contributed by atoms with van der Waals surface area (Å²) in [7, 11) is 0. The lowest BCUT2D eigenvalue weighted by molar-refractivity contribution is 0.243. The zero-order valence-electron chi connectivity index (χ0n) is 12.4. The molecule has 3 aromatic rings. The zero-order valence-corrected chi connectivity index (χ0v) is 13.2. The van der Waals surface area contributed by atoms with Gasteiger partial charge in [-0.3, -0.25) is 0 Å². The molecule has 7 heteroatoms. The Labute approximate surface area is 141 Å². The average Bonchev–Trinajstić information content (AvgIpc) is 3.15. The molecule has 1 aromatic heterocycles. The van der Waals surface area contributed by atoms with Crippen molar-refractivity contribution in [2.24, 2.45) is 0 Å².